The van der Waals surface area contributed by atoms with Gasteiger partial charge < -0.3 is 10.1 Å². The molecule has 4 nitrogen and oxygen atoms in total. The van der Waals surface area contributed by atoms with Crippen molar-refractivity contribution < 1.29 is 14.3 Å². The molecule has 1 aliphatic rings. The summed E-state index contributed by atoms with van der Waals surface area (Å²) in [5.74, 6) is 0.125. The van der Waals surface area contributed by atoms with Crippen LogP contribution in [0, 0.1) is 5.92 Å². The van der Waals surface area contributed by atoms with E-state index in [9.17, 15) is 9.59 Å². The first-order valence-corrected chi connectivity index (χ1v) is 10.2. The van der Waals surface area contributed by atoms with Gasteiger partial charge in [-0.25, -0.2) is 0 Å². The Bertz CT molecular complexity index is 777. The molecule has 3 rings (SSSR count). The van der Waals surface area contributed by atoms with Gasteiger partial charge in [0, 0.05) is 10.9 Å². The Kier molecular flexibility index (Phi) is 6.56. The molecule has 138 valence electrons. The number of ether oxygens (including phenoxy) is 1. The van der Waals surface area contributed by atoms with Crippen LogP contribution in [0.4, 0.5) is 0 Å². The second-order valence-electron chi connectivity index (χ2n) is 6.89. The molecule has 0 saturated heterocycles. The van der Waals surface area contributed by atoms with Crippen LogP contribution in [0.2, 0.25) is 0 Å². The summed E-state index contributed by atoms with van der Waals surface area (Å²) in [6.45, 7) is 1.97. The van der Waals surface area contributed by atoms with Gasteiger partial charge in [0.1, 0.15) is 0 Å². The Morgan fingerprint density at radius 2 is 1.88 bits per heavy atom. The Morgan fingerprint density at radius 1 is 1.12 bits per heavy atom. The number of carbonyl (C=O) groups excluding carboxylic acids is 2. The van der Waals surface area contributed by atoms with Crippen molar-refractivity contribution in [3.63, 3.8) is 0 Å². The van der Waals surface area contributed by atoms with Crippen molar-refractivity contribution in [3.05, 3.63) is 42.5 Å². The minimum absolute atomic E-state index is 0.194. The summed E-state index contributed by atoms with van der Waals surface area (Å²) < 4.78 is 5.12. The van der Waals surface area contributed by atoms with Gasteiger partial charge >= 0.3 is 5.97 Å². The number of rotatable bonds is 6. The fourth-order valence-corrected chi connectivity index (χ4v) is 4.11. The number of carbonyl (C=O) groups is 2. The Balaban J connectivity index is 1.41. The molecule has 26 heavy (non-hydrogen) atoms. The van der Waals surface area contributed by atoms with Gasteiger partial charge in [0.2, 0.25) is 0 Å². The van der Waals surface area contributed by atoms with Crippen molar-refractivity contribution in [2.45, 2.75) is 43.5 Å². The number of fused-ring (bicyclic) bond motifs is 1. The molecule has 0 bridgehead atoms. The summed E-state index contributed by atoms with van der Waals surface area (Å²) in [4.78, 5) is 24.9. The largest absolute Gasteiger partial charge is 0.455 e. The van der Waals surface area contributed by atoms with Gasteiger partial charge in [0.25, 0.3) is 5.91 Å². The van der Waals surface area contributed by atoms with Crippen LogP contribution < -0.4 is 5.32 Å². The van der Waals surface area contributed by atoms with Crippen molar-refractivity contribution >= 4 is 34.4 Å². The molecule has 0 aromatic heterocycles. The summed E-state index contributed by atoms with van der Waals surface area (Å²) in [7, 11) is 0. The number of hydrogen-bond acceptors (Lipinski definition) is 4. The van der Waals surface area contributed by atoms with E-state index < -0.39 is 0 Å². The number of hydrogen-bond donors (Lipinski definition) is 1. The number of amides is 1. The number of nitrogens with one attached hydrogen (secondary N) is 1. The van der Waals surface area contributed by atoms with Gasteiger partial charge in [-0.2, -0.15) is 0 Å². The Hall–Kier alpha value is -2.01. The lowest BCUT2D eigenvalue weighted by molar-refractivity contribution is -0.146. The van der Waals surface area contributed by atoms with Crippen LogP contribution >= 0.6 is 11.8 Å². The first-order valence-electron chi connectivity index (χ1n) is 9.18. The van der Waals surface area contributed by atoms with Gasteiger partial charge in [-0.3, -0.25) is 9.59 Å². The fraction of sp³-hybridized carbons (Fsp3) is 0.429. The van der Waals surface area contributed by atoms with Crippen LogP contribution in [-0.2, 0) is 14.3 Å². The maximum atomic E-state index is 12.0. The zero-order valence-corrected chi connectivity index (χ0v) is 15.9. The van der Waals surface area contributed by atoms with Gasteiger partial charge in [-0.05, 0) is 41.7 Å². The van der Waals surface area contributed by atoms with Gasteiger partial charge in [-0.15, -0.1) is 11.8 Å². The third kappa shape index (κ3) is 5.24. The molecule has 1 aliphatic carbocycles. The zero-order chi connectivity index (χ0) is 18.4. The molecule has 0 radical (unpaired) electrons. The summed E-state index contributed by atoms with van der Waals surface area (Å²) in [5, 5.41) is 5.31. The highest BCUT2D eigenvalue weighted by atomic mass is 32.2. The molecule has 1 fully saturated rings. The maximum Gasteiger partial charge on any atom is 0.316 e. The van der Waals surface area contributed by atoms with Crippen molar-refractivity contribution in [3.8, 4) is 0 Å². The van der Waals surface area contributed by atoms with Gasteiger partial charge in [0.15, 0.2) is 6.61 Å². The van der Waals surface area contributed by atoms with Crippen LogP contribution in [0.3, 0.4) is 0 Å². The van der Waals surface area contributed by atoms with Gasteiger partial charge in [-0.1, -0.05) is 50.1 Å². The molecule has 2 atom stereocenters. The van der Waals surface area contributed by atoms with Crippen molar-refractivity contribution in [1.82, 2.24) is 5.32 Å². The monoisotopic (exact) mass is 371 g/mol. The lowest BCUT2D eigenvalue weighted by atomic mass is 9.86. The molecule has 0 heterocycles. The van der Waals surface area contributed by atoms with Crippen LogP contribution in [0.1, 0.15) is 32.6 Å². The zero-order valence-electron chi connectivity index (χ0n) is 15.1. The molecule has 2 aromatic carbocycles. The molecule has 0 spiro atoms. The third-order valence-electron chi connectivity index (χ3n) is 4.90. The second kappa shape index (κ2) is 9.08. The minimum Gasteiger partial charge on any atom is -0.455 e. The number of benzene rings is 2. The maximum absolute atomic E-state index is 12.0. The summed E-state index contributed by atoms with van der Waals surface area (Å²) >= 11 is 1.42. The summed E-state index contributed by atoms with van der Waals surface area (Å²) in [5.41, 5.74) is 0. The van der Waals surface area contributed by atoms with Crippen LogP contribution in [-0.4, -0.2) is 30.3 Å². The molecule has 1 saturated carbocycles. The van der Waals surface area contributed by atoms with E-state index in [1.807, 2.05) is 30.3 Å². The van der Waals surface area contributed by atoms with Crippen LogP contribution in [0.15, 0.2) is 47.4 Å². The Morgan fingerprint density at radius 3 is 2.69 bits per heavy atom. The minimum atomic E-state index is -0.366. The lowest BCUT2D eigenvalue weighted by Crippen LogP contribution is -2.43. The highest BCUT2D eigenvalue weighted by Crippen LogP contribution is 2.24. The lowest BCUT2D eigenvalue weighted by Gasteiger charge is -2.29. The van der Waals surface area contributed by atoms with E-state index in [0.717, 1.165) is 29.5 Å². The molecule has 1 N–H and O–H groups in total. The van der Waals surface area contributed by atoms with Crippen molar-refractivity contribution in [2.24, 2.45) is 5.92 Å². The van der Waals surface area contributed by atoms with Crippen LogP contribution in [0.25, 0.3) is 10.8 Å². The van der Waals surface area contributed by atoms with E-state index in [1.165, 1.54) is 23.6 Å². The molecular formula is C21H25NO3S. The second-order valence-corrected chi connectivity index (χ2v) is 7.94. The van der Waals surface area contributed by atoms with E-state index >= 15 is 0 Å². The van der Waals surface area contributed by atoms with Crippen molar-refractivity contribution in [1.29, 1.82) is 0 Å². The van der Waals surface area contributed by atoms with E-state index in [2.05, 4.69) is 24.4 Å². The molecular weight excluding hydrogens is 346 g/mol. The quantitative estimate of drug-likeness (QED) is 0.612. The standard InChI is InChI=1S/C21H25NO3S/c1-15-6-2-5-9-19(15)22-20(23)13-25-21(24)14-26-18-11-10-16-7-3-4-8-17(16)12-18/h3-4,7-8,10-12,15,19H,2,5-6,9,13-14H2,1H3,(H,22,23)/t15-,19+/m0/s1. The van der Waals surface area contributed by atoms with E-state index in [-0.39, 0.29) is 30.3 Å². The fourth-order valence-electron chi connectivity index (χ4n) is 3.37. The van der Waals surface area contributed by atoms with Gasteiger partial charge in [0.05, 0.1) is 5.75 Å². The van der Waals surface area contributed by atoms with E-state index in [4.69, 9.17) is 4.74 Å². The number of esters is 1. The molecule has 0 unspecified atom stereocenters. The SMILES string of the molecule is C[C@H]1CCCC[C@H]1NC(=O)COC(=O)CSc1ccc2ccccc2c1. The molecule has 0 aliphatic heterocycles. The predicted octanol–water partition coefficient (Wildman–Crippen LogP) is 4.17. The molecule has 1 amide bonds. The normalized spacial score (nSPS) is 19.9. The average molecular weight is 372 g/mol. The predicted molar refractivity (Wildman–Crippen MR) is 105 cm³/mol. The average Bonchev–Trinajstić information content (AvgIpc) is 2.66. The molecule has 2 aromatic rings. The van der Waals surface area contributed by atoms with Crippen molar-refractivity contribution in [2.75, 3.05) is 12.4 Å². The third-order valence-corrected chi connectivity index (χ3v) is 5.87. The first-order chi connectivity index (χ1) is 12.6. The smallest absolute Gasteiger partial charge is 0.316 e. The van der Waals surface area contributed by atoms with Crippen LogP contribution in [0.5, 0.6) is 0 Å². The highest BCUT2D eigenvalue weighted by Gasteiger charge is 2.23. The molecule has 5 heteroatoms. The summed E-state index contributed by atoms with van der Waals surface area (Å²) in [6.07, 6.45) is 4.54. The topological polar surface area (TPSA) is 55.4 Å². The van der Waals surface area contributed by atoms with E-state index in [0.29, 0.717) is 5.92 Å². The number of thioether (sulfide) groups is 1. The highest BCUT2D eigenvalue weighted by molar-refractivity contribution is 8.00. The van der Waals surface area contributed by atoms with E-state index in [1.54, 1.807) is 0 Å². The first kappa shape index (κ1) is 18.8. The Labute approximate surface area is 158 Å². The summed E-state index contributed by atoms with van der Waals surface area (Å²) in [6, 6.07) is 14.4.